The molecule has 6 nitrogen and oxygen atoms in total. The van der Waals surface area contributed by atoms with Crippen LogP contribution in [-0.2, 0) is 28.4 Å². The molecule has 4 fully saturated rings. The molecule has 0 radical (unpaired) electrons. The fourth-order valence-corrected chi connectivity index (χ4v) is 3.53. The van der Waals surface area contributed by atoms with Crippen LogP contribution in [0.15, 0.2) is 0 Å². The summed E-state index contributed by atoms with van der Waals surface area (Å²) in [6.07, 6.45) is 0.800. The summed E-state index contributed by atoms with van der Waals surface area (Å²) in [6.45, 7) is 4.22. The Morgan fingerprint density at radius 1 is 1.00 bits per heavy atom. The third-order valence-electron chi connectivity index (χ3n) is 3.64. The SMILES string of the molecule is CSC12OC[C@@H](O1)[C@H]1O[C@@H]3OC(C)(C)O[C@@H]3[C@H]1O2. The van der Waals surface area contributed by atoms with E-state index < -0.39 is 11.1 Å². The minimum absolute atomic E-state index is 0.114. The van der Waals surface area contributed by atoms with Gasteiger partial charge in [0.05, 0.1) is 6.61 Å². The zero-order chi connectivity index (χ0) is 12.5. The molecule has 2 bridgehead atoms. The lowest BCUT2D eigenvalue weighted by Gasteiger charge is -2.37. The van der Waals surface area contributed by atoms with E-state index in [0.717, 1.165) is 0 Å². The van der Waals surface area contributed by atoms with Gasteiger partial charge in [-0.15, -0.1) is 0 Å². The van der Waals surface area contributed by atoms with Gasteiger partial charge in [0.15, 0.2) is 12.1 Å². The average molecular weight is 276 g/mol. The average Bonchev–Trinajstić information content (AvgIpc) is 2.91. The van der Waals surface area contributed by atoms with E-state index in [4.69, 9.17) is 28.4 Å². The minimum atomic E-state index is -1.000. The van der Waals surface area contributed by atoms with E-state index in [1.165, 1.54) is 11.8 Å². The van der Waals surface area contributed by atoms with Crippen LogP contribution in [-0.4, -0.2) is 54.7 Å². The second kappa shape index (κ2) is 3.60. The molecule has 0 aromatic carbocycles. The molecule has 0 spiro atoms. The van der Waals surface area contributed by atoms with Crippen LogP contribution < -0.4 is 0 Å². The van der Waals surface area contributed by atoms with Gasteiger partial charge in [-0.05, 0) is 20.1 Å². The highest BCUT2D eigenvalue weighted by Gasteiger charge is 2.65. The number of hydrogen-bond acceptors (Lipinski definition) is 7. The number of thioether (sulfide) groups is 1. The molecule has 0 N–H and O–H groups in total. The van der Waals surface area contributed by atoms with Crippen LogP contribution in [0, 0.1) is 0 Å². The van der Waals surface area contributed by atoms with E-state index in [1.54, 1.807) is 0 Å². The first-order chi connectivity index (χ1) is 8.52. The Bertz CT molecular complexity index is 377. The number of hydrogen-bond donors (Lipinski definition) is 0. The largest absolute Gasteiger partial charge is 0.341 e. The Kier molecular flexibility index (Phi) is 2.38. The van der Waals surface area contributed by atoms with Crippen LogP contribution in [0.4, 0.5) is 0 Å². The van der Waals surface area contributed by atoms with Gasteiger partial charge in [0.1, 0.15) is 24.4 Å². The van der Waals surface area contributed by atoms with Crippen molar-refractivity contribution in [3.63, 3.8) is 0 Å². The highest BCUT2D eigenvalue weighted by molar-refractivity contribution is 7.99. The summed E-state index contributed by atoms with van der Waals surface area (Å²) < 4.78 is 34.7. The smallest absolute Gasteiger partial charge is 0.338 e. The molecule has 4 aliphatic rings. The molecule has 0 aromatic heterocycles. The molecule has 6 atom stereocenters. The molecule has 0 saturated carbocycles. The molecule has 4 heterocycles. The van der Waals surface area contributed by atoms with Crippen molar-refractivity contribution < 1.29 is 28.4 Å². The topological polar surface area (TPSA) is 55.4 Å². The van der Waals surface area contributed by atoms with Crippen molar-refractivity contribution in [2.75, 3.05) is 12.9 Å². The molecule has 4 aliphatic heterocycles. The molecule has 0 aromatic rings. The van der Waals surface area contributed by atoms with Gasteiger partial charge in [-0.25, -0.2) is 0 Å². The Hall–Kier alpha value is 0.110. The zero-order valence-corrected chi connectivity index (χ0v) is 11.3. The van der Waals surface area contributed by atoms with Crippen LogP contribution in [0.3, 0.4) is 0 Å². The maximum Gasteiger partial charge on any atom is 0.338 e. The Morgan fingerprint density at radius 2 is 1.83 bits per heavy atom. The Balaban J connectivity index is 1.61. The van der Waals surface area contributed by atoms with Gasteiger partial charge >= 0.3 is 5.31 Å². The summed E-state index contributed by atoms with van der Waals surface area (Å²) in [7, 11) is 0. The Morgan fingerprint density at radius 3 is 2.61 bits per heavy atom. The normalized spacial score (nSPS) is 56.5. The number of ether oxygens (including phenoxy) is 6. The first-order valence-corrected chi connectivity index (χ1v) is 7.30. The molecule has 0 amide bonds. The molecule has 0 aliphatic carbocycles. The second-order valence-corrected chi connectivity index (χ2v) is 6.23. The Labute approximate surface area is 109 Å². The van der Waals surface area contributed by atoms with Gasteiger partial charge in [-0.1, -0.05) is 11.8 Å². The molecule has 4 rings (SSSR count). The lowest BCUT2D eigenvalue weighted by molar-refractivity contribution is -0.343. The van der Waals surface area contributed by atoms with Gasteiger partial charge in [0, 0.05) is 0 Å². The summed E-state index contributed by atoms with van der Waals surface area (Å²) in [6, 6.07) is 0. The van der Waals surface area contributed by atoms with E-state index in [0.29, 0.717) is 6.61 Å². The summed E-state index contributed by atoms with van der Waals surface area (Å²) in [4.78, 5) is 0. The summed E-state index contributed by atoms with van der Waals surface area (Å²) in [5.41, 5.74) is 0. The van der Waals surface area contributed by atoms with Gasteiger partial charge in [-0.3, -0.25) is 0 Å². The van der Waals surface area contributed by atoms with Crippen molar-refractivity contribution in [3.05, 3.63) is 0 Å². The van der Waals surface area contributed by atoms with E-state index >= 15 is 0 Å². The third kappa shape index (κ3) is 1.53. The molecule has 1 unspecified atom stereocenters. The van der Waals surface area contributed by atoms with Gasteiger partial charge < -0.3 is 28.4 Å². The van der Waals surface area contributed by atoms with E-state index in [1.807, 2.05) is 20.1 Å². The van der Waals surface area contributed by atoms with Crippen LogP contribution in [0.2, 0.25) is 0 Å². The van der Waals surface area contributed by atoms with Gasteiger partial charge in [0.2, 0.25) is 0 Å². The van der Waals surface area contributed by atoms with Crippen molar-refractivity contribution in [1.82, 2.24) is 0 Å². The minimum Gasteiger partial charge on any atom is -0.341 e. The molecule has 18 heavy (non-hydrogen) atoms. The zero-order valence-electron chi connectivity index (χ0n) is 10.5. The van der Waals surface area contributed by atoms with Crippen molar-refractivity contribution >= 4 is 11.8 Å². The van der Waals surface area contributed by atoms with Crippen molar-refractivity contribution in [2.24, 2.45) is 0 Å². The highest BCUT2D eigenvalue weighted by atomic mass is 32.2. The van der Waals surface area contributed by atoms with Crippen LogP contribution in [0.5, 0.6) is 0 Å². The van der Waals surface area contributed by atoms with Gasteiger partial charge in [0.25, 0.3) is 0 Å². The van der Waals surface area contributed by atoms with E-state index in [2.05, 4.69) is 0 Å². The first-order valence-electron chi connectivity index (χ1n) is 6.08. The third-order valence-corrected chi connectivity index (χ3v) is 4.45. The number of fused-ring (bicyclic) bond motifs is 6. The van der Waals surface area contributed by atoms with Crippen molar-refractivity contribution in [1.29, 1.82) is 0 Å². The highest BCUT2D eigenvalue weighted by Crippen LogP contribution is 2.49. The van der Waals surface area contributed by atoms with Crippen molar-refractivity contribution in [2.45, 2.75) is 55.6 Å². The van der Waals surface area contributed by atoms with Crippen LogP contribution in [0.25, 0.3) is 0 Å². The molecular formula is C11H16O6S. The standard InChI is InChI=1S/C11H16O6S/c1-10(2)15-8-7-6(13-9(8)17-10)5-4-12-11(14-5,16-7)18-3/h5-9H,4H2,1-3H3/t5-,6-,7+,8-,9-,11?/m1/s1. The molecule has 7 heteroatoms. The van der Waals surface area contributed by atoms with Crippen molar-refractivity contribution in [3.8, 4) is 0 Å². The lowest BCUT2D eigenvalue weighted by Crippen LogP contribution is -2.52. The number of rotatable bonds is 1. The fourth-order valence-electron chi connectivity index (χ4n) is 2.92. The second-order valence-electron chi connectivity index (χ2n) is 5.32. The summed E-state index contributed by atoms with van der Waals surface area (Å²) >= 11 is 1.40. The van der Waals surface area contributed by atoms with Gasteiger partial charge in [-0.2, -0.15) is 0 Å². The van der Waals surface area contributed by atoms with E-state index in [9.17, 15) is 0 Å². The first kappa shape index (κ1) is 11.9. The van der Waals surface area contributed by atoms with Crippen LogP contribution >= 0.6 is 11.8 Å². The molecule has 102 valence electrons. The lowest BCUT2D eigenvalue weighted by atomic mass is 10.1. The predicted molar refractivity (Wildman–Crippen MR) is 60.6 cm³/mol. The molecular weight excluding hydrogens is 260 g/mol. The predicted octanol–water partition coefficient (Wildman–Crippen LogP) is 0.651. The summed E-state index contributed by atoms with van der Waals surface area (Å²) in [5, 5.41) is -1.000. The monoisotopic (exact) mass is 276 g/mol. The van der Waals surface area contributed by atoms with Crippen LogP contribution in [0.1, 0.15) is 13.8 Å². The maximum absolute atomic E-state index is 5.93. The maximum atomic E-state index is 5.93. The fraction of sp³-hybridized carbons (Fsp3) is 1.00. The summed E-state index contributed by atoms with van der Waals surface area (Å²) in [5.74, 6) is -0.631. The quantitative estimate of drug-likeness (QED) is 0.697. The molecule has 4 saturated heterocycles. The van der Waals surface area contributed by atoms with E-state index in [-0.39, 0.29) is 30.7 Å².